The highest BCUT2D eigenvalue weighted by molar-refractivity contribution is 5.96. The van der Waals surface area contributed by atoms with E-state index in [1.54, 1.807) is 6.20 Å². The van der Waals surface area contributed by atoms with Gasteiger partial charge in [-0.25, -0.2) is 4.98 Å². The van der Waals surface area contributed by atoms with Crippen LogP contribution in [0.25, 0.3) is 0 Å². The highest BCUT2D eigenvalue weighted by Gasteiger charge is 2.25. The number of para-hydroxylation sites is 1. The molecule has 6 nitrogen and oxygen atoms in total. The third kappa shape index (κ3) is 3.55. The van der Waals surface area contributed by atoms with Gasteiger partial charge in [0.05, 0.1) is 18.4 Å². The second-order valence-corrected chi connectivity index (χ2v) is 7.06. The van der Waals surface area contributed by atoms with Crippen LogP contribution in [0.4, 0.5) is 11.5 Å². The molecule has 0 saturated carbocycles. The van der Waals surface area contributed by atoms with E-state index in [-0.39, 0.29) is 5.91 Å². The Morgan fingerprint density at radius 1 is 1.08 bits per heavy atom. The zero-order valence-corrected chi connectivity index (χ0v) is 15.3. The molecule has 1 fully saturated rings. The van der Waals surface area contributed by atoms with Crippen LogP contribution in [0.1, 0.15) is 17.7 Å². The van der Waals surface area contributed by atoms with E-state index in [1.807, 2.05) is 24.1 Å². The third-order valence-electron chi connectivity index (χ3n) is 5.21. The van der Waals surface area contributed by atoms with Crippen LogP contribution >= 0.6 is 0 Å². The normalized spacial score (nSPS) is 17.9. The van der Waals surface area contributed by atoms with Gasteiger partial charge in [-0.15, -0.1) is 0 Å². The zero-order chi connectivity index (χ0) is 17.9. The minimum absolute atomic E-state index is 0.209. The molecule has 4 rings (SSSR count). The number of hydrogen-bond acceptors (Lipinski definition) is 5. The van der Waals surface area contributed by atoms with Crippen molar-refractivity contribution in [3.05, 3.63) is 47.9 Å². The van der Waals surface area contributed by atoms with Crippen LogP contribution < -0.4 is 9.80 Å². The predicted molar refractivity (Wildman–Crippen MR) is 103 cm³/mol. The number of carbonyl (C=O) groups excluding carboxylic acids is 1. The Kier molecular flexibility index (Phi) is 4.84. The molecule has 0 spiro atoms. The number of rotatable bonds is 3. The van der Waals surface area contributed by atoms with Crippen LogP contribution in [0, 0.1) is 6.92 Å². The molecule has 0 aliphatic carbocycles. The fourth-order valence-corrected chi connectivity index (χ4v) is 3.81. The largest absolute Gasteiger partial charge is 0.353 e. The van der Waals surface area contributed by atoms with Crippen LogP contribution in [-0.4, -0.2) is 60.0 Å². The van der Waals surface area contributed by atoms with E-state index >= 15 is 0 Å². The summed E-state index contributed by atoms with van der Waals surface area (Å²) in [5.74, 6) is 1.14. The van der Waals surface area contributed by atoms with Crippen molar-refractivity contribution in [2.45, 2.75) is 19.8 Å². The molecule has 0 unspecified atom stereocenters. The molecular weight excluding hydrogens is 326 g/mol. The smallest absolute Gasteiger partial charge is 0.241 e. The predicted octanol–water partition coefficient (Wildman–Crippen LogP) is 1.89. The van der Waals surface area contributed by atoms with Gasteiger partial charge in [-0.05, 0) is 31.4 Å². The number of aromatic nitrogens is 2. The molecule has 1 aromatic heterocycles. The van der Waals surface area contributed by atoms with Crippen molar-refractivity contribution in [3.8, 4) is 0 Å². The summed E-state index contributed by atoms with van der Waals surface area (Å²) < 4.78 is 0. The van der Waals surface area contributed by atoms with E-state index in [1.165, 1.54) is 5.56 Å². The first-order chi connectivity index (χ1) is 12.7. The molecule has 2 aromatic rings. The lowest BCUT2D eigenvalue weighted by Crippen LogP contribution is -2.51. The third-order valence-corrected chi connectivity index (χ3v) is 5.21. The Morgan fingerprint density at radius 3 is 2.69 bits per heavy atom. The van der Waals surface area contributed by atoms with Crippen molar-refractivity contribution in [2.75, 3.05) is 49.1 Å². The first-order valence-electron chi connectivity index (χ1n) is 9.35. The van der Waals surface area contributed by atoms with Crippen LogP contribution in [0.15, 0.2) is 36.7 Å². The maximum Gasteiger partial charge on any atom is 0.241 e. The number of fused-ring (bicyclic) bond motifs is 1. The van der Waals surface area contributed by atoms with Gasteiger partial charge in [-0.1, -0.05) is 18.2 Å². The second kappa shape index (κ2) is 7.41. The van der Waals surface area contributed by atoms with Crippen LogP contribution in [0.2, 0.25) is 0 Å². The molecule has 0 atom stereocenters. The first kappa shape index (κ1) is 17.0. The van der Waals surface area contributed by atoms with E-state index in [9.17, 15) is 4.79 Å². The number of carbonyl (C=O) groups is 1. The molecule has 2 aliphatic heterocycles. The van der Waals surface area contributed by atoms with Gasteiger partial charge < -0.3 is 9.80 Å². The molecule has 1 aromatic carbocycles. The van der Waals surface area contributed by atoms with Crippen molar-refractivity contribution in [1.29, 1.82) is 0 Å². The number of aryl methyl sites for hydroxylation is 2. The maximum atomic E-state index is 12.9. The van der Waals surface area contributed by atoms with Crippen molar-refractivity contribution in [3.63, 3.8) is 0 Å². The summed E-state index contributed by atoms with van der Waals surface area (Å²) in [4.78, 5) is 28.1. The summed E-state index contributed by atoms with van der Waals surface area (Å²) in [7, 11) is 0. The fraction of sp³-hybridized carbons (Fsp3) is 0.450. The summed E-state index contributed by atoms with van der Waals surface area (Å²) in [6, 6.07) is 8.28. The summed E-state index contributed by atoms with van der Waals surface area (Å²) in [6.45, 7) is 6.77. The van der Waals surface area contributed by atoms with Crippen LogP contribution in [-0.2, 0) is 11.2 Å². The van der Waals surface area contributed by atoms with E-state index in [2.05, 4.69) is 38.0 Å². The molecule has 2 aliphatic rings. The molecule has 0 radical (unpaired) electrons. The Balaban J connectivity index is 1.36. The molecular formula is C20H25N5O. The van der Waals surface area contributed by atoms with Gasteiger partial charge in [0.15, 0.2) is 0 Å². The van der Waals surface area contributed by atoms with E-state index in [4.69, 9.17) is 0 Å². The first-order valence-corrected chi connectivity index (χ1v) is 9.35. The summed E-state index contributed by atoms with van der Waals surface area (Å²) >= 11 is 0. The lowest BCUT2D eigenvalue weighted by molar-refractivity contribution is -0.119. The average molecular weight is 351 g/mol. The van der Waals surface area contributed by atoms with E-state index < -0.39 is 0 Å². The minimum Gasteiger partial charge on any atom is -0.353 e. The standard InChI is InChI=1S/C20H25N5O/c1-16-13-21-14-19(22-16)24-11-9-23(10-12-24)15-20(26)25-8-4-6-17-5-2-3-7-18(17)25/h2-3,5,7,13-14H,4,6,8-12,15H2,1H3. The van der Waals surface area contributed by atoms with Gasteiger partial charge in [0.1, 0.15) is 5.82 Å². The molecule has 3 heterocycles. The summed E-state index contributed by atoms with van der Waals surface area (Å²) in [5, 5.41) is 0. The zero-order valence-electron chi connectivity index (χ0n) is 15.3. The summed E-state index contributed by atoms with van der Waals surface area (Å²) in [6.07, 6.45) is 5.70. The second-order valence-electron chi connectivity index (χ2n) is 7.06. The van der Waals surface area contributed by atoms with Gasteiger partial charge in [-0.2, -0.15) is 0 Å². The summed E-state index contributed by atoms with van der Waals surface area (Å²) in [5.41, 5.74) is 3.32. The van der Waals surface area contributed by atoms with Crippen molar-refractivity contribution in [2.24, 2.45) is 0 Å². The van der Waals surface area contributed by atoms with Crippen molar-refractivity contribution >= 4 is 17.4 Å². The highest BCUT2D eigenvalue weighted by Crippen LogP contribution is 2.26. The van der Waals surface area contributed by atoms with Gasteiger partial charge in [0.25, 0.3) is 0 Å². The van der Waals surface area contributed by atoms with Crippen molar-refractivity contribution < 1.29 is 4.79 Å². The monoisotopic (exact) mass is 351 g/mol. The molecule has 6 heteroatoms. The van der Waals surface area contributed by atoms with Gasteiger partial charge >= 0.3 is 0 Å². The lowest BCUT2D eigenvalue weighted by atomic mass is 10.0. The number of hydrogen-bond donors (Lipinski definition) is 0. The van der Waals surface area contributed by atoms with Crippen LogP contribution in [0.5, 0.6) is 0 Å². The number of nitrogens with zero attached hydrogens (tertiary/aromatic N) is 5. The number of piperazine rings is 1. The van der Waals surface area contributed by atoms with Gasteiger partial charge in [0, 0.05) is 44.6 Å². The molecule has 0 bridgehead atoms. The molecule has 1 amide bonds. The quantitative estimate of drug-likeness (QED) is 0.845. The fourth-order valence-electron chi connectivity index (χ4n) is 3.81. The molecule has 26 heavy (non-hydrogen) atoms. The van der Waals surface area contributed by atoms with E-state index in [0.29, 0.717) is 6.54 Å². The maximum absolute atomic E-state index is 12.9. The molecule has 0 N–H and O–H groups in total. The number of anilines is 2. The topological polar surface area (TPSA) is 52.6 Å². The van der Waals surface area contributed by atoms with Gasteiger partial charge in [0.2, 0.25) is 5.91 Å². The average Bonchev–Trinajstić information content (AvgIpc) is 2.68. The highest BCUT2D eigenvalue weighted by atomic mass is 16.2. The number of amides is 1. The Morgan fingerprint density at radius 2 is 1.88 bits per heavy atom. The Hall–Kier alpha value is -2.47. The lowest BCUT2D eigenvalue weighted by Gasteiger charge is -2.36. The number of benzene rings is 1. The van der Waals surface area contributed by atoms with Crippen molar-refractivity contribution in [1.82, 2.24) is 14.9 Å². The van der Waals surface area contributed by atoms with E-state index in [0.717, 1.165) is 62.8 Å². The van der Waals surface area contributed by atoms with Crippen LogP contribution in [0.3, 0.4) is 0 Å². The molecule has 1 saturated heterocycles. The SMILES string of the molecule is Cc1cncc(N2CCN(CC(=O)N3CCCc4ccccc43)CC2)n1. The minimum atomic E-state index is 0.209. The molecule has 136 valence electrons. The Bertz CT molecular complexity index is 785. The van der Waals surface area contributed by atoms with Gasteiger partial charge in [-0.3, -0.25) is 14.7 Å². The Labute approximate surface area is 154 Å².